The molecule has 9 heteroatoms. The molecule has 1 aliphatic heterocycles. The Labute approximate surface area is 174 Å². The molecule has 160 valence electrons. The summed E-state index contributed by atoms with van der Waals surface area (Å²) in [5, 5.41) is 6.26. The van der Waals surface area contributed by atoms with Crippen molar-refractivity contribution >= 4 is 28.3 Å². The lowest BCUT2D eigenvalue weighted by Crippen LogP contribution is -2.49. The Balaban J connectivity index is 0.00000392. The lowest BCUT2D eigenvalue weighted by atomic mass is 9.78. The molecule has 0 aliphatic carbocycles. The van der Waals surface area contributed by atoms with Gasteiger partial charge in [0, 0.05) is 26.7 Å². The quantitative estimate of drug-likeness (QED) is 0.619. The van der Waals surface area contributed by atoms with Crippen LogP contribution in [0.3, 0.4) is 0 Å². The van der Waals surface area contributed by atoms with Gasteiger partial charge in [-0.2, -0.15) is 4.31 Å². The maximum absolute atomic E-state index is 12.8. The molecule has 0 atom stereocenters. The van der Waals surface area contributed by atoms with E-state index in [1.54, 1.807) is 31.4 Å². The van der Waals surface area contributed by atoms with E-state index in [1.165, 1.54) is 4.31 Å². The van der Waals surface area contributed by atoms with Crippen LogP contribution in [0.15, 0.2) is 29.2 Å². The Morgan fingerprint density at radius 2 is 1.75 bits per heavy atom. The van der Waals surface area contributed by atoms with Gasteiger partial charge in [-0.25, -0.2) is 8.42 Å². The molecule has 1 fully saturated rings. The van der Waals surface area contributed by atoms with Crippen molar-refractivity contribution < 1.29 is 17.9 Å². The van der Waals surface area contributed by atoms with Gasteiger partial charge in [-0.05, 0) is 43.6 Å². The SMILES string of the molecule is CCN(CC)S(=O)(=O)c1ccc(CNC(=O)C2(COC)CCNCC2)cc1.Cl. The molecule has 7 nitrogen and oxygen atoms in total. The summed E-state index contributed by atoms with van der Waals surface area (Å²) in [6.07, 6.45) is 1.49. The first-order valence-corrected chi connectivity index (χ1v) is 10.9. The fourth-order valence-corrected chi connectivity index (χ4v) is 4.94. The molecule has 28 heavy (non-hydrogen) atoms. The Hall–Kier alpha value is -1.19. The van der Waals surface area contributed by atoms with Gasteiger partial charge in [-0.1, -0.05) is 26.0 Å². The van der Waals surface area contributed by atoms with Crippen molar-refractivity contribution in [1.29, 1.82) is 0 Å². The highest BCUT2D eigenvalue weighted by Crippen LogP contribution is 2.29. The van der Waals surface area contributed by atoms with Gasteiger partial charge in [0.15, 0.2) is 0 Å². The van der Waals surface area contributed by atoms with Crippen molar-refractivity contribution in [2.75, 3.05) is 39.9 Å². The molecule has 0 aromatic heterocycles. The minimum Gasteiger partial charge on any atom is -0.384 e. The van der Waals surface area contributed by atoms with E-state index >= 15 is 0 Å². The maximum atomic E-state index is 12.8. The molecular weight excluding hydrogens is 402 g/mol. The third-order valence-electron chi connectivity index (χ3n) is 5.18. The summed E-state index contributed by atoms with van der Waals surface area (Å²) in [4.78, 5) is 13.0. The first kappa shape index (κ1) is 24.8. The van der Waals surface area contributed by atoms with Gasteiger partial charge >= 0.3 is 0 Å². The number of benzene rings is 1. The van der Waals surface area contributed by atoms with Crippen LogP contribution in [-0.2, 0) is 26.1 Å². The van der Waals surface area contributed by atoms with E-state index in [9.17, 15) is 13.2 Å². The predicted octanol–water partition coefficient (Wildman–Crippen LogP) is 1.77. The number of ether oxygens (including phenoxy) is 1. The standard InChI is InChI=1S/C19H31N3O4S.ClH/c1-4-22(5-2)27(24,25)17-8-6-16(7-9-17)14-21-18(23)19(15-26-3)10-12-20-13-11-19;/h6-9,20H,4-5,10-15H2,1-3H3,(H,21,23);1H. The molecule has 2 N–H and O–H groups in total. The molecule has 0 saturated carbocycles. The number of hydrogen-bond donors (Lipinski definition) is 2. The van der Waals surface area contributed by atoms with Crippen molar-refractivity contribution in [3.8, 4) is 0 Å². The van der Waals surface area contributed by atoms with Gasteiger partial charge < -0.3 is 15.4 Å². The molecule has 1 amide bonds. The number of amides is 1. The first-order chi connectivity index (χ1) is 12.9. The summed E-state index contributed by atoms with van der Waals surface area (Å²) >= 11 is 0. The Morgan fingerprint density at radius 3 is 2.25 bits per heavy atom. The molecule has 1 aliphatic rings. The zero-order chi connectivity index (χ0) is 19.9. The Morgan fingerprint density at radius 1 is 1.18 bits per heavy atom. The highest BCUT2D eigenvalue weighted by molar-refractivity contribution is 7.89. The van der Waals surface area contributed by atoms with E-state index in [2.05, 4.69) is 10.6 Å². The van der Waals surface area contributed by atoms with Crippen LogP contribution < -0.4 is 10.6 Å². The van der Waals surface area contributed by atoms with E-state index in [-0.39, 0.29) is 23.2 Å². The van der Waals surface area contributed by atoms with Gasteiger partial charge in [-0.15, -0.1) is 12.4 Å². The van der Waals surface area contributed by atoms with Crippen molar-refractivity contribution in [3.63, 3.8) is 0 Å². The summed E-state index contributed by atoms with van der Waals surface area (Å²) < 4.78 is 31.8. The van der Waals surface area contributed by atoms with Crippen LogP contribution in [0.1, 0.15) is 32.3 Å². The number of rotatable bonds is 9. The molecule has 2 rings (SSSR count). The van der Waals surface area contributed by atoms with Gasteiger partial charge in [-0.3, -0.25) is 4.79 Å². The number of methoxy groups -OCH3 is 1. The zero-order valence-corrected chi connectivity index (χ0v) is 18.5. The lowest BCUT2D eigenvalue weighted by Gasteiger charge is -2.35. The van der Waals surface area contributed by atoms with Crippen LogP contribution in [0.2, 0.25) is 0 Å². The van der Waals surface area contributed by atoms with E-state index in [0.717, 1.165) is 31.5 Å². The van der Waals surface area contributed by atoms with Crippen molar-refractivity contribution in [2.24, 2.45) is 5.41 Å². The second kappa shape index (κ2) is 11.1. The van der Waals surface area contributed by atoms with Crippen molar-refractivity contribution in [1.82, 2.24) is 14.9 Å². The molecular formula is C19H32ClN3O4S. The van der Waals surface area contributed by atoms with Crippen LogP contribution in [0.4, 0.5) is 0 Å². The van der Waals surface area contributed by atoms with E-state index in [4.69, 9.17) is 4.74 Å². The average Bonchev–Trinajstić information content (AvgIpc) is 2.68. The molecule has 0 unspecified atom stereocenters. The summed E-state index contributed by atoms with van der Waals surface area (Å²) in [7, 11) is -1.84. The molecule has 0 spiro atoms. The minimum atomic E-state index is -3.46. The van der Waals surface area contributed by atoms with E-state index < -0.39 is 15.4 Å². The van der Waals surface area contributed by atoms with Crippen molar-refractivity contribution in [3.05, 3.63) is 29.8 Å². The average molecular weight is 434 g/mol. The van der Waals surface area contributed by atoms with Crippen LogP contribution >= 0.6 is 12.4 Å². The van der Waals surface area contributed by atoms with Crippen LogP contribution in [-0.4, -0.2) is 58.5 Å². The largest absolute Gasteiger partial charge is 0.384 e. The Bertz CT molecular complexity index is 710. The highest BCUT2D eigenvalue weighted by Gasteiger charge is 2.39. The molecule has 1 aromatic carbocycles. The topological polar surface area (TPSA) is 87.7 Å². The number of carbonyl (C=O) groups is 1. The number of piperidine rings is 1. The summed E-state index contributed by atoms with van der Waals surface area (Å²) in [5.41, 5.74) is 0.370. The molecule has 1 heterocycles. The van der Waals surface area contributed by atoms with Crippen molar-refractivity contribution in [2.45, 2.75) is 38.1 Å². The monoisotopic (exact) mass is 433 g/mol. The summed E-state index contributed by atoms with van der Waals surface area (Å²) in [6.45, 7) is 6.89. The van der Waals surface area contributed by atoms with Gasteiger partial charge in [0.05, 0.1) is 16.9 Å². The smallest absolute Gasteiger partial charge is 0.243 e. The third kappa shape index (κ3) is 5.67. The lowest BCUT2D eigenvalue weighted by molar-refractivity contribution is -0.136. The number of sulfonamides is 1. The number of halogens is 1. The van der Waals surface area contributed by atoms with Crippen LogP contribution in [0, 0.1) is 5.41 Å². The van der Waals surface area contributed by atoms with Gasteiger partial charge in [0.2, 0.25) is 15.9 Å². The fraction of sp³-hybridized carbons (Fsp3) is 0.632. The normalized spacial score (nSPS) is 16.4. The summed E-state index contributed by atoms with van der Waals surface area (Å²) in [6, 6.07) is 6.71. The fourth-order valence-electron chi connectivity index (χ4n) is 3.48. The van der Waals surface area contributed by atoms with Gasteiger partial charge in [0.1, 0.15) is 0 Å². The number of nitrogens with one attached hydrogen (secondary N) is 2. The van der Waals surface area contributed by atoms with Gasteiger partial charge in [0.25, 0.3) is 0 Å². The number of carbonyl (C=O) groups excluding carboxylic acids is 1. The minimum absolute atomic E-state index is 0. The van der Waals surface area contributed by atoms with E-state index in [1.807, 2.05) is 13.8 Å². The molecule has 0 radical (unpaired) electrons. The molecule has 1 aromatic rings. The Kier molecular flexibility index (Phi) is 9.86. The maximum Gasteiger partial charge on any atom is 0.243 e. The zero-order valence-electron chi connectivity index (χ0n) is 16.9. The first-order valence-electron chi connectivity index (χ1n) is 9.46. The van der Waals surface area contributed by atoms with Crippen LogP contribution in [0.5, 0.6) is 0 Å². The predicted molar refractivity (Wildman–Crippen MR) is 112 cm³/mol. The number of hydrogen-bond acceptors (Lipinski definition) is 5. The third-order valence-corrected chi connectivity index (χ3v) is 7.25. The van der Waals surface area contributed by atoms with Crippen LogP contribution in [0.25, 0.3) is 0 Å². The second-order valence-electron chi connectivity index (χ2n) is 6.88. The molecule has 1 saturated heterocycles. The highest BCUT2D eigenvalue weighted by atomic mass is 35.5. The number of nitrogens with zero attached hydrogens (tertiary/aromatic N) is 1. The van der Waals surface area contributed by atoms with E-state index in [0.29, 0.717) is 26.2 Å². The second-order valence-corrected chi connectivity index (χ2v) is 8.82. The molecule has 0 bridgehead atoms. The summed E-state index contributed by atoms with van der Waals surface area (Å²) in [5.74, 6) is -0.00862.